The van der Waals surface area contributed by atoms with Gasteiger partial charge >= 0.3 is 0 Å². The lowest BCUT2D eigenvalue weighted by Crippen LogP contribution is -2.46. The number of hydrogen-bond acceptors (Lipinski definition) is 5. The Morgan fingerprint density at radius 1 is 1.33 bits per heavy atom. The molecule has 1 fully saturated rings. The van der Waals surface area contributed by atoms with E-state index in [9.17, 15) is 4.79 Å². The number of hydrogen-bond donors (Lipinski definition) is 1. The first-order valence-corrected chi connectivity index (χ1v) is 9.00. The Hall–Kier alpha value is -1.69. The lowest BCUT2D eigenvalue weighted by molar-refractivity contribution is -0.124. The number of anilines is 1. The number of morpholine rings is 1. The molecule has 1 aromatic heterocycles. The maximum Gasteiger partial charge on any atom is 0.225 e. The van der Waals surface area contributed by atoms with Crippen molar-refractivity contribution in [1.82, 2.24) is 15.3 Å². The molecule has 1 amide bonds. The number of nitrogens with zero attached hydrogens (tertiary/aromatic N) is 3. The zero-order valence-corrected chi connectivity index (χ0v) is 15.1. The highest BCUT2D eigenvalue weighted by molar-refractivity contribution is 5.78. The van der Waals surface area contributed by atoms with Gasteiger partial charge in [0.1, 0.15) is 0 Å². The first kappa shape index (κ1) is 17.1. The molecule has 1 aliphatic heterocycles. The number of amides is 1. The van der Waals surface area contributed by atoms with Crippen LogP contribution in [0.25, 0.3) is 0 Å². The first-order chi connectivity index (χ1) is 11.4. The van der Waals surface area contributed by atoms with Gasteiger partial charge < -0.3 is 15.0 Å². The molecule has 2 heterocycles. The van der Waals surface area contributed by atoms with E-state index >= 15 is 0 Å². The van der Waals surface area contributed by atoms with Gasteiger partial charge in [0.05, 0.1) is 23.9 Å². The molecule has 3 rings (SSSR count). The van der Waals surface area contributed by atoms with Crippen LogP contribution in [0.3, 0.4) is 0 Å². The van der Waals surface area contributed by atoms with E-state index in [-0.39, 0.29) is 30.1 Å². The molecule has 132 valence electrons. The first-order valence-electron chi connectivity index (χ1n) is 9.00. The topological polar surface area (TPSA) is 67.4 Å². The lowest BCUT2D eigenvalue weighted by atomic mass is 9.92. The Bertz CT molecular complexity index is 595. The van der Waals surface area contributed by atoms with Crippen LogP contribution < -0.4 is 10.2 Å². The monoisotopic (exact) mass is 332 g/mol. The van der Waals surface area contributed by atoms with Crippen LogP contribution in [0.5, 0.6) is 0 Å². The predicted molar refractivity (Wildman–Crippen MR) is 92.9 cm³/mol. The van der Waals surface area contributed by atoms with Crippen molar-refractivity contribution in [3.05, 3.63) is 17.5 Å². The average Bonchev–Trinajstić information content (AvgIpc) is 2.53. The van der Waals surface area contributed by atoms with E-state index in [1.54, 1.807) is 0 Å². The maximum atomic E-state index is 12.0. The fraction of sp³-hybridized carbons (Fsp3) is 0.722. The summed E-state index contributed by atoms with van der Waals surface area (Å²) in [6.45, 7) is 9.63. The molecule has 0 unspecified atom stereocenters. The van der Waals surface area contributed by atoms with Crippen molar-refractivity contribution < 1.29 is 9.53 Å². The minimum atomic E-state index is -0.00751. The van der Waals surface area contributed by atoms with E-state index in [2.05, 4.69) is 29.0 Å². The molecule has 2 aliphatic rings. The van der Waals surface area contributed by atoms with E-state index in [0.717, 1.165) is 49.6 Å². The van der Waals surface area contributed by atoms with Crippen LogP contribution in [0.15, 0.2) is 6.20 Å². The van der Waals surface area contributed by atoms with Crippen LogP contribution in [0, 0.1) is 5.92 Å². The van der Waals surface area contributed by atoms with Gasteiger partial charge in [-0.15, -0.1) is 0 Å². The van der Waals surface area contributed by atoms with Crippen molar-refractivity contribution in [3.8, 4) is 0 Å². The molecule has 1 saturated heterocycles. The fourth-order valence-corrected chi connectivity index (χ4v) is 3.52. The summed E-state index contributed by atoms with van der Waals surface area (Å²) in [6.07, 6.45) is 5.24. The average molecular weight is 332 g/mol. The number of ether oxygens (including phenoxy) is 1. The number of carbonyl (C=O) groups excluding carboxylic acids is 1. The lowest BCUT2D eigenvalue weighted by Gasteiger charge is -2.36. The van der Waals surface area contributed by atoms with Gasteiger partial charge in [-0.1, -0.05) is 13.8 Å². The van der Waals surface area contributed by atoms with Gasteiger partial charge in [-0.3, -0.25) is 4.79 Å². The van der Waals surface area contributed by atoms with Crippen molar-refractivity contribution in [2.45, 2.75) is 65.2 Å². The highest BCUT2D eigenvalue weighted by Gasteiger charge is 2.28. The summed E-state index contributed by atoms with van der Waals surface area (Å²) in [7, 11) is 0. The summed E-state index contributed by atoms with van der Waals surface area (Å²) in [6, 6.07) is 0.0419. The highest BCUT2D eigenvalue weighted by atomic mass is 16.5. The molecule has 1 aliphatic carbocycles. The molecule has 6 heteroatoms. The van der Waals surface area contributed by atoms with E-state index in [4.69, 9.17) is 9.72 Å². The van der Waals surface area contributed by atoms with Crippen LogP contribution in [0.2, 0.25) is 0 Å². The molecular weight excluding hydrogens is 304 g/mol. The van der Waals surface area contributed by atoms with E-state index in [1.165, 1.54) is 0 Å². The zero-order chi connectivity index (χ0) is 17.3. The predicted octanol–water partition coefficient (Wildman–Crippen LogP) is 2.24. The van der Waals surface area contributed by atoms with Gasteiger partial charge in [0, 0.05) is 30.8 Å². The number of carbonyl (C=O) groups is 1. The Morgan fingerprint density at radius 3 is 2.71 bits per heavy atom. The second kappa shape index (κ2) is 7.05. The zero-order valence-electron chi connectivity index (χ0n) is 15.1. The van der Waals surface area contributed by atoms with Gasteiger partial charge in [0.2, 0.25) is 11.9 Å². The Balaban J connectivity index is 1.79. The van der Waals surface area contributed by atoms with Gasteiger partial charge in [-0.05, 0) is 33.1 Å². The summed E-state index contributed by atoms with van der Waals surface area (Å²) in [5.41, 5.74) is 2.15. The minimum Gasteiger partial charge on any atom is -0.372 e. The number of nitrogens with one attached hydrogen (secondary N) is 1. The van der Waals surface area contributed by atoms with Crippen LogP contribution >= 0.6 is 0 Å². The number of aromatic nitrogens is 2. The molecule has 6 nitrogen and oxygen atoms in total. The van der Waals surface area contributed by atoms with Crippen molar-refractivity contribution in [2.75, 3.05) is 18.0 Å². The third-order valence-electron chi connectivity index (χ3n) is 4.71. The molecule has 3 atom stereocenters. The summed E-state index contributed by atoms with van der Waals surface area (Å²) >= 11 is 0. The Morgan fingerprint density at radius 2 is 2.04 bits per heavy atom. The largest absolute Gasteiger partial charge is 0.372 e. The van der Waals surface area contributed by atoms with Gasteiger partial charge in [-0.25, -0.2) is 9.97 Å². The van der Waals surface area contributed by atoms with Gasteiger partial charge in [0.15, 0.2) is 0 Å². The SMILES string of the molecule is CC(C)C(=O)N[C@@H]1CCCc2nc(N3C[C@@H](C)O[C@@H](C)C3)ncc21. The summed E-state index contributed by atoms with van der Waals surface area (Å²) in [4.78, 5) is 23.6. The number of fused-ring (bicyclic) bond motifs is 1. The molecule has 0 radical (unpaired) electrons. The molecule has 24 heavy (non-hydrogen) atoms. The third-order valence-corrected chi connectivity index (χ3v) is 4.71. The van der Waals surface area contributed by atoms with Crippen molar-refractivity contribution in [2.24, 2.45) is 5.92 Å². The molecule has 0 spiro atoms. The highest BCUT2D eigenvalue weighted by Crippen LogP contribution is 2.30. The molecule has 0 aromatic carbocycles. The summed E-state index contributed by atoms with van der Waals surface area (Å²) in [5, 5.41) is 3.14. The summed E-state index contributed by atoms with van der Waals surface area (Å²) in [5.74, 6) is 0.867. The summed E-state index contributed by atoms with van der Waals surface area (Å²) < 4.78 is 5.79. The van der Waals surface area contributed by atoms with Crippen molar-refractivity contribution >= 4 is 11.9 Å². The van der Waals surface area contributed by atoms with Gasteiger partial charge in [0.25, 0.3) is 0 Å². The normalized spacial score (nSPS) is 27.0. The van der Waals surface area contributed by atoms with E-state index < -0.39 is 0 Å². The van der Waals surface area contributed by atoms with Crippen LogP contribution in [0.4, 0.5) is 5.95 Å². The second-order valence-electron chi connectivity index (χ2n) is 7.34. The Labute approximate surface area is 144 Å². The van der Waals surface area contributed by atoms with Gasteiger partial charge in [-0.2, -0.15) is 0 Å². The van der Waals surface area contributed by atoms with Crippen molar-refractivity contribution in [1.29, 1.82) is 0 Å². The van der Waals surface area contributed by atoms with Crippen LogP contribution in [-0.4, -0.2) is 41.2 Å². The quantitative estimate of drug-likeness (QED) is 0.919. The fourth-order valence-electron chi connectivity index (χ4n) is 3.52. The van der Waals surface area contributed by atoms with Crippen LogP contribution in [-0.2, 0) is 16.0 Å². The molecule has 1 aromatic rings. The number of aryl methyl sites for hydroxylation is 1. The third kappa shape index (κ3) is 3.69. The maximum absolute atomic E-state index is 12.0. The van der Waals surface area contributed by atoms with E-state index in [0.29, 0.717) is 0 Å². The standard InChI is InChI=1S/C18H28N4O2/c1-11(2)17(23)20-15-6-5-7-16-14(15)8-19-18(21-16)22-9-12(3)24-13(4)10-22/h8,11-13,15H,5-7,9-10H2,1-4H3,(H,20,23)/t12-,13+,15-/m1/s1. The Kier molecular flexibility index (Phi) is 5.04. The molecule has 0 saturated carbocycles. The van der Waals surface area contributed by atoms with E-state index in [1.807, 2.05) is 20.0 Å². The minimum absolute atomic E-state index is 0.00751. The van der Waals surface area contributed by atoms with Crippen molar-refractivity contribution in [3.63, 3.8) is 0 Å². The molecule has 1 N–H and O–H groups in total. The number of rotatable bonds is 3. The van der Waals surface area contributed by atoms with Crippen LogP contribution in [0.1, 0.15) is 57.8 Å². The molecule has 0 bridgehead atoms. The second-order valence-corrected chi connectivity index (χ2v) is 7.34. The molecular formula is C18H28N4O2. The smallest absolute Gasteiger partial charge is 0.225 e.